The average Bonchev–Trinajstić information content (AvgIpc) is 3.93. The smallest absolute Gasteiger partial charge is 0.319 e. The maximum Gasteiger partial charge on any atom is 0.319 e. The Morgan fingerprint density at radius 3 is 2.42 bits per heavy atom. The molecule has 1 aliphatic carbocycles. The van der Waals surface area contributed by atoms with E-state index >= 15 is 4.39 Å². The van der Waals surface area contributed by atoms with Crippen molar-refractivity contribution in [1.82, 2.24) is 40.3 Å². The van der Waals surface area contributed by atoms with Crippen molar-refractivity contribution in [2.24, 2.45) is 11.3 Å². The number of aryl methyl sites for hydroxylation is 1. The molecule has 3 atom stereocenters. The lowest BCUT2D eigenvalue weighted by atomic mass is 9.94. The zero-order valence-electron chi connectivity index (χ0n) is 39.4. The normalized spacial score (nSPS) is 24.1. The predicted octanol–water partition coefficient (Wildman–Crippen LogP) is 5.65. The maximum atomic E-state index is 17.2. The summed E-state index contributed by atoms with van der Waals surface area (Å²) < 4.78 is 23.7. The van der Waals surface area contributed by atoms with E-state index in [9.17, 15) is 19.5 Å². The fourth-order valence-electron chi connectivity index (χ4n) is 12.3. The van der Waals surface area contributed by atoms with Crippen LogP contribution in [0.15, 0.2) is 54.7 Å². The molecule has 3 aromatic carbocycles. The third kappa shape index (κ3) is 8.51. The SMILES string of the molecule is CCc1cccc2cc(O)cc(-c3ncc4c(N5CC6CCC(C5)N6)nc(OCC5(CN6CCC(CN7CCN(c8ccc9c(c8)CN(C8CCC(=O)NC8=O)C9=O)CC7)CC6)CC5)nc4c3F)c12. The van der Waals surface area contributed by atoms with Gasteiger partial charge >= 0.3 is 6.01 Å². The van der Waals surface area contributed by atoms with Gasteiger partial charge in [-0.25, -0.2) is 4.39 Å². The van der Waals surface area contributed by atoms with Crippen LogP contribution in [-0.4, -0.2) is 143 Å². The molecule has 6 fully saturated rings. The molecule has 15 nitrogen and oxygen atoms in total. The number of likely N-dealkylation sites (tertiary alicyclic amines) is 1. The van der Waals surface area contributed by atoms with Gasteiger partial charge in [0.25, 0.3) is 5.91 Å². The molecular formula is C53H61FN10O5. The van der Waals surface area contributed by atoms with E-state index in [1.807, 2.05) is 30.3 Å². The topological polar surface area (TPSA) is 160 Å². The first-order chi connectivity index (χ1) is 33.6. The molecule has 12 rings (SSSR count). The minimum Gasteiger partial charge on any atom is -0.508 e. The van der Waals surface area contributed by atoms with Gasteiger partial charge in [-0.05, 0) is 123 Å². The number of aromatic hydroxyl groups is 1. The number of nitrogens with zero attached hydrogens (tertiary/aromatic N) is 8. The number of ether oxygens (including phenoxy) is 1. The highest BCUT2D eigenvalue weighted by Gasteiger charge is 2.46. The number of fused-ring (bicyclic) bond motifs is 5. The van der Waals surface area contributed by atoms with E-state index in [4.69, 9.17) is 19.7 Å². The standard InChI is InChI=1S/C53H61FN10O5/c1-2-33-4-3-5-34-23-39(65)24-41(45(33)34)47-46(54)48-42(25-55-47)49(63-28-36-6-7-37(29-63)56-36)59-52(58-48)69-31-53(14-15-53)30-61-16-12-32(13-17-61)26-60-18-20-62(21-19-60)38-8-9-40-35(22-38)27-64(51(40)68)43-10-11-44(66)57-50(43)67/h3-5,8-9,22-25,32,36-37,43,56,65H,2,6-7,10-21,26-31H2,1H3,(H,57,66,67). The van der Waals surface area contributed by atoms with Crippen LogP contribution in [0.25, 0.3) is 32.9 Å². The lowest BCUT2D eigenvalue weighted by Crippen LogP contribution is -2.52. The number of hydrogen-bond donors (Lipinski definition) is 3. The highest BCUT2D eigenvalue weighted by molar-refractivity contribution is 6.06. The third-order valence-electron chi connectivity index (χ3n) is 16.3. The van der Waals surface area contributed by atoms with Crippen LogP contribution in [0.2, 0.25) is 0 Å². The Kier molecular flexibility index (Phi) is 11.4. The van der Waals surface area contributed by atoms with Gasteiger partial charge in [-0.1, -0.05) is 25.1 Å². The van der Waals surface area contributed by atoms with Crippen LogP contribution in [0, 0.1) is 17.2 Å². The number of rotatable bonds is 12. The molecule has 8 heterocycles. The number of piperidine rings is 2. The maximum absolute atomic E-state index is 17.2. The van der Waals surface area contributed by atoms with Gasteiger partial charge in [-0.15, -0.1) is 0 Å². The van der Waals surface area contributed by atoms with Crippen molar-refractivity contribution in [1.29, 1.82) is 0 Å². The molecule has 2 aromatic heterocycles. The summed E-state index contributed by atoms with van der Waals surface area (Å²) in [4.78, 5) is 63.5. The molecule has 3 amide bonds. The monoisotopic (exact) mass is 936 g/mol. The molecule has 0 radical (unpaired) electrons. The Balaban J connectivity index is 0.678. The van der Waals surface area contributed by atoms with Crippen LogP contribution in [0.1, 0.15) is 79.8 Å². The fraction of sp³-hybridized carbons (Fsp3) is 0.509. The molecule has 69 heavy (non-hydrogen) atoms. The summed E-state index contributed by atoms with van der Waals surface area (Å²) in [6, 6.07) is 15.6. The summed E-state index contributed by atoms with van der Waals surface area (Å²) in [5.74, 6) is 0.0285. The average molecular weight is 937 g/mol. The van der Waals surface area contributed by atoms with Crippen molar-refractivity contribution in [3.8, 4) is 23.0 Å². The Bertz CT molecular complexity index is 2850. The van der Waals surface area contributed by atoms with Gasteiger partial charge in [0.2, 0.25) is 11.8 Å². The molecule has 16 heteroatoms. The van der Waals surface area contributed by atoms with E-state index in [-0.39, 0.29) is 52.5 Å². The summed E-state index contributed by atoms with van der Waals surface area (Å²) in [5.41, 5.74) is 4.66. The number of halogens is 1. The van der Waals surface area contributed by atoms with Gasteiger partial charge in [0, 0.05) is 106 Å². The van der Waals surface area contributed by atoms with Crippen LogP contribution in [0.3, 0.4) is 0 Å². The van der Waals surface area contributed by atoms with E-state index in [0.29, 0.717) is 59.9 Å². The van der Waals surface area contributed by atoms with E-state index < -0.39 is 11.9 Å². The summed E-state index contributed by atoms with van der Waals surface area (Å²) in [7, 11) is 0. The number of carbonyl (C=O) groups is 3. The molecule has 1 saturated carbocycles. The number of aromatic nitrogens is 3. The number of phenolic OH excluding ortho intramolecular Hbond substituents is 1. The fourth-order valence-corrected chi connectivity index (χ4v) is 12.3. The van der Waals surface area contributed by atoms with Crippen LogP contribution in [-0.2, 0) is 22.6 Å². The van der Waals surface area contributed by atoms with Gasteiger partial charge in [0.1, 0.15) is 28.8 Å². The first kappa shape index (κ1) is 44.3. The number of benzene rings is 3. The third-order valence-corrected chi connectivity index (χ3v) is 16.3. The summed E-state index contributed by atoms with van der Waals surface area (Å²) in [5, 5.41) is 19.1. The second-order valence-electron chi connectivity index (χ2n) is 21.0. The number of amides is 3. The second kappa shape index (κ2) is 17.8. The zero-order valence-corrected chi connectivity index (χ0v) is 39.4. The van der Waals surface area contributed by atoms with Crippen molar-refractivity contribution < 1.29 is 28.6 Å². The van der Waals surface area contributed by atoms with Crippen molar-refractivity contribution in [3.05, 3.63) is 77.2 Å². The van der Waals surface area contributed by atoms with Gasteiger partial charge in [0.15, 0.2) is 5.82 Å². The molecule has 6 aliphatic heterocycles. The zero-order chi connectivity index (χ0) is 47.0. The van der Waals surface area contributed by atoms with Crippen molar-refractivity contribution >= 4 is 50.9 Å². The minimum atomic E-state index is -0.606. The molecule has 2 bridgehead atoms. The molecule has 3 N–H and O–H groups in total. The van der Waals surface area contributed by atoms with Crippen LogP contribution >= 0.6 is 0 Å². The number of pyridine rings is 1. The van der Waals surface area contributed by atoms with Crippen molar-refractivity contribution in [2.45, 2.75) is 89.4 Å². The van der Waals surface area contributed by atoms with Crippen LogP contribution in [0.5, 0.6) is 11.8 Å². The van der Waals surface area contributed by atoms with Gasteiger partial charge in [-0.2, -0.15) is 9.97 Å². The number of carbonyl (C=O) groups excluding carboxylic acids is 3. The van der Waals surface area contributed by atoms with E-state index in [1.165, 1.54) is 0 Å². The van der Waals surface area contributed by atoms with E-state index in [2.05, 4.69) is 43.2 Å². The van der Waals surface area contributed by atoms with Gasteiger partial charge < -0.3 is 34.8 Å². The predicted molar refractivity (Wildman–Crippen MR) is 261 cm³/mol. The highest BCUT2D eigenvalue weighted by Crippen LogP contribution is 2.47. The summed E-state index contributed by atoms with van der Waals surface area (Å²) in [6.45, 7) is 12.5. The van der Waals surface area contributed by atoms with Gasteiger partial charge in [-0.3, -0.25) is 29.6 Å². The molecule has 360 valence electrons. The molecule has 0 spiro atoms. The summed E-state index contributed by atoms with van der Waals surface area (Å²) in [6.07, 6.45) is 9.74. The Morgan fingerprint density at radius 1 is 0.870 bits per heavy atom. The van der Waals surface area contributed by atoms with Crippen molar-refractivity contribution in [2.75, 3.05) is 81.9 Å². The first-order valence-corrected chi connectivity index (χ1v) is 25.3. The number of imide groups is 1. The minimum absolute atomic E-state index is 0.0167. The number of hydrogen-bond acceptors (Lipinski definition) is 13. The molecular weight excluding hydrogens is 876 g/mol. The van der Waals surface area contributed by atoms with E-state index in [0.717, 1.165) is 138 Å². The lowest BCUT2D eigenvalue weighted by molar-refractivity contribution is -0.136. The lowest BCUT2D eigenvalue weighted by Gasteiger charge is -2.40. The Hall–Kier alpha value is -5.97. The van der Waals surface area contributed by atoms with Crippen LogP contribution < -0.4 is 25.2 Å². The molecule has 5 saturated heterocycles. The molecule has 3 unspecified atom stereocenters. The van der Waals surface area contributed by atoms with E-state index in [1.54, 1.807) is 23.2 Å². The molecule has 7 aliphatic rings. The summed E-state index contributed by atoms with van der Waals surface area (Å²) >= 11 is 0. The Morgan fingerprint density at radius 2 is 1.67 bits per heavy atom. The Labute approximate surface area is 401 Å². The van der Waals surface area contributed by atoms with Gasteiger partial charge in [0.05, 0.1) is 12.0 Å². The number of phenols is 1. The number of nitrogens with one attached hydrogen (secondary N) is 2. The first-order valence-electron chi connectivity index (χ1n) is 25.3. The number of anilines is 2. The second-order valence-corrected chi connectivity index (χ2v) is 21.0. The van der Waals surface area contributed by atoms with Crippen LogP contribution in [0.4, 0.5) is 15.9 Å². The molecule has 5 aromatic rings. The van der Waals surface area contributed by atoms with Crippen molar-refractivity contribution in [3.63, 3.8) is 0 Å². The largest absolute Gasteiger partial charge is 0.508 e. The number of piperazine rings is 2. The highest BCUT2D eigenvalue weighted by atomic mass is 19.1. The quantitative estimate of drug-likeness (QED) is 0.132.